The summed E-state index contributed by atoms with van der Waals surface area (Å²) in [5.41, 5.74) is 0.687. The minimum atomic E-state index is -3.75. The molecule has 0 aliphatic heterocycles. The van der Waals surface area contributed by atoms with Crippen LogP contribution in [0.4, 0.5) is 8.78 Å². The van der Waals surface area contributed by atoms with E-state index in [0.29, 0.717) is 12.0 Å². The van der Waals surface area contributed by atoms with Crippen LogP contribution in [0.1, 0.15) is 5.56 Å². The lowest BCUT2D eigenvalue weighted by atomic mass is 10.1. The minimum Gasteiger partial charge on any atom is -0.211 e. The zero-order valence-corrected chi connectivity index (χ0v) is 11.3. The van der Waals surface area contributed by atoms with Gasteiger partial charge in [0, 0.05) is 6.54 Å². The number of benzene rings is 2. The summed E-state index contributed by atoms with van der Waals surface area (Å²) in [6, 6.07) is 10.7. The summed E-state index contributed by atoms with van der Waals surface area (Å²) in [6.45, 7) is 0.113. The Balaban J connectivity index is 2.00. The van der Waals surface area contributed by atoms with E-state index in [-0.39, 0.29) is 17.3 Å². The highest BCUT2D eigenvalue weighted by molar-refractivity contribution is 7.89. The Morgan fingerprint density at radius 1 is 0.950 bits per heavy atom. The van der Waals surface area contributed by atoms with Crippen LogP contribution in [-0.4, -0.2) is 15.0 Å². The van der Waals surface area contributed by atoms with Crippen molar-refractivity contribution < 1.29 is 17.2 Å². The summed E-state index contributed by atoms with van der Waals surface area (Å²) in [7, 11) is -3.75. The van der Waals surface area contributed by atoms with Crippen LogP contribution in [0.5, 0.6) is 0 Å². The molecule has 0 amide bonds. The van der Waals surface area contributed by atoms with Crippen molar-refractivity contribution in [1.29, 1.82) is 0 Å². The normalized spacial score (nSPS) is 11.5. The lowest BCUT2D eigenvalue weighted by molar-refractivity contribution is 0.577. The quantitative estimate of drug-likeness (QED) is 0.921. The predicted octanol–water partition coefficient (Wildman–Crippen LogP) is 2.49. The number of rotatable bonds is 5. The number of hydrogen-bond acceptors (Lipinski definition) is 2. The van der Waals surface area contributed by atoms with Crippen molar-refractivity contribution in [3.8, 4) is 0 Å². The largest absolute Gasteiger partial charge is 0.240 e. The van der Waals surface area contributed by atoms with Crippen molar-refractivity contribution in [2.24, 2.45) is 0 Å². The first kappa shape index (κ1) is 14.6. The molecule has 106 valence electrons. The Morgan fingerprint density at radius 2 is 1.60 bits per heavy atom. The number of hydrogen-bond donors (Lipinski definition) is 1. The lowest BCUT2D eigenvalue weighted by Crippen LogP contribution is -2.26. The molecular formula is C14H13F2NO2S. The first-order chi connectivity index (χ1) is 9.47. The third-order valence-electron chi connectivity index (χ3n) is 2.70. The maximum absolute atomic E-state index is 13.0. The molecule has 0 atom stereocenters. The van der Waals surface area contributed by atoms with Crippen molar-refractivity contribution in [2.75, 3.05) is 6.54 Å². The van der Waals surface area contributed by atoms with Crippen LogP contribution in [0, 0.1) is 11.6 Å². The Bertz CT molecular complexity index is 702. The van der Waals surface area contributed by atoms with Crippen molar-refractivity contribution >= 4 is 10.0 Å². The van der Waals surface area contributed by atoms with E-state index < -0.39 is 15.8 Å². The molecule has 2 aromatic carbocycles. The fourth-order valence-electron chi connectivity index (χ4n) is 1.74. The molecule has 0 aliphatic rings. The molecule has 0 spiro atoms. The smallest absolute Gasteiger partial charge is 0.211 e. The van der Waals surface area contributed by atoms with Crippen LogP contribution in [0.2, 0.25) is 0 Å². The van der Waals surface area contributed by atoms with Gasteiger partial charge in [0.25, 0.3) is 0 Å². The molecule has 0 saturated heterocycles. The number of sulfonamides is 1. The molecular weight excluding hydrogens is 284 g/mol. The molecule has 0 heterocycles. The van der Waals surface area contributed by atoms with Crippen LogP contribution in [0.25, 0.3) is 0 Å². The molecule has 1 N–H and O–H groups in total. The summed E-state index contributed by atoms with van der Waals surface area (Å²) in [5.74, 6) is -0.978. The molecule has 0 aliphatic carbocycles. The van der Waals surface area contributed by atoms with Crippen LogP contribution >= 0.6 is 0 Å². The summed E-state index contributed by atoms with van der Waals surface area (Å²) in [4.78, 5) is -0.128. The molecule has 0 fully saturated rings. The van der Waals surface area contributed by atoms with Gasteiger partial charge in [-0.15, -0.1) is 0 Å². The Labute approximate surface area is 116 Å². The van der Waals surface area contributed by atoms with Gasteiger partial charge in [0.1, 0.15) is 11.6 Å². The molecule has 0 radical (unpaired) electrons. The second kappa shape index (κ2) is 6.11. The van der Waals surface area contributed by atoms with Gasteiger partial charge in [0.05, 0.1) is 4.90 Å². The van der Waals surface area contributed by atoms with Gasteiger partial charge in [-0.05, 0) is 42.3 Å². The summed E-state index contributed by atoms with van der Waals surface area (Å²) in [6.07, 6.45) is 0.353. The average Bonchev–Trinajstić information content (AvgIpc) is 2.38. The van der Waals surface area contributed by atoms with E-state index in [1.54, 1.807) is 12.1 Å². The summed E-state index contributed by atoms with van der Waals surface area (Å²) >= 11 is 0. The fraction of sp³-hybridized carbons (Fsp3) is 0.143. The van der Waals surface area contributed by atoms with Crippen molar-refractivity contribution in [3.63, 3.8) is 0 Å². The Kier molecular flexibility index (Phi) is 4.46. The van der Waals surface area contributed by atoms with E-state index >= 15 is 0 Å². The van der Waals surface area contributed by atoms with Gasteiger partial charge in [-0.1, -0.05) is 18.2 Å². The lowest BCUT2D eigenvalue weighted by Gasteiger charge is -2.07. The molecule has 20 heavy (non-hydrogen) atoms. The van der Waals surface area contributed by atoms with Gasteiger partial charge < -0.3 is 0 Å². The van der Waals surface area contributed by atoms with E-state index in [1.807, 2.05) is 0 Å². The summed E-state index contributed by atoms with van der Waals surface area (Å²) in [5, 5.41) is 0. The summed E-state index contributed by atoms with van der Waals surface area (Å²) < 4.78 is 52.1. The molecule has 0 unspecified atom stereocenters. The van der Waals surface area contributed by atoms with Crippen molar-refractivity contribution in [2.45, 2.75) is 11.3 Å². The molecule has 3 nitrogen and oxygen atoms in total. The molecule has 0 aromatic heterocycles. The van der Waals surface area contributed by atoms with Crippen LogP contribution < -0.4 is 4.72 Å². The third-order valence-corrected chi connectivity index (χ3v) is 4.16. The topological polar surface area (TPSA) is 46.2 Å². The second-order valence-corrected chi connectivity index (χ2v) is 6.00. The van der Waals surface area contributed by atoms with Gasteiger partial charge in [0.2, 0.25) is 10.0 Å². The molecule has 2 aromatic rings. The van der Waals surface area contributed by atoms with E-state index in [9.17, 15) is 17.2 Å². The Morgan fingerprint density at radius 3 is 2.25 bits per heavy atom. The van der Waals surface area contributed by atoms with E-state index in [2.05, 4.69) is 4.72 Å². The first-order valence-corrected chi connectivity index (χ1v) is 7.45. The van der Waals surface area contributed by atoms with Crippen LogP contribution in [0.3, 0.4) is 0 Å². The molecule has 6 heteroatoms. The standard InChI is InChI=1S/C14H13F2NO2S/c15-12-4-1-3-11(9-12)7-8-17-20(18,19)14-6-2-5-13(16)10-14/h1-6,9-10,17H,7-8H2. The van der Waals surface area contributed by atoms with E-state index in [0.717, 1.165) is 6.07 Å². The van der Waals surface area contributed by atoms with Crippen LogP contribution in [-0.2, 0) is 16.4 Å². The maximum Gasteiger partial charge on any atom is 0.240 e. The van der Waals surface area contributed by atoms with Gasteiger partial charge in [-0.2, -0.15) is 0 Å². The zero-order valence-electron chi connectivity index (χ0n) is 10.5. The van der Waals surface area contributed by atoms with Crippen molar-refractivity contribution in [1.82, 2.24) is 4.72 Å². The second-order valence-electron chi connectivity index (χ2n) is 4.24. The number of nitrogens with one attached hydrogen (secondary N) is 1. The van der Waals surface area contributed by atoms with E-state index in [1.165, 1.54) is 30.3 Å². The highest BCUT2D eigenvalue weighted by Crippen LogP contribution is 2.10. The zero-order chi connectivity index (χ0) is 14.6. The van der Waals surface area contributed by atoms with Gasteiger partial charge in [-0.3, -0.25) is 0 Å². The monoisotopic (exact) mass is 297 g/mol. The maximum atomic E-state index is 13.0. The van der Waals surface area contributed by atoms with E-state index in [4.69, 9.17) is 0 Å². The minimum absolute atomic E-state index is 0.113. The van der Waals surface area contributed by atoms with Crippen molar-refractivity contribution in [3.05, 3.63) is 65.7 Å². The average molecular weight is 297 g/mol. The van der Waals surface area contributed by atoms with Gasteiger partial charge >= 0.3 is 0 Å². The first-order valence-electron chi connectivity index (χ1n) is 5.97. The SMILES string of the molecule is O=S(=O)(NCCc1cccc(F)c1)c1cccc(F)c1. The number of halogens is 2. The predicted molar refractivity (Wildman–Crippen MR) is 71.7 cm³/mol. The highest BCUT2D eigenvalue weighted by atomic mass is 32.2. The van der Waals surface area contributed by atoms with Gasteiger partial charge in [-0.25, -0.2) is 21.9 Å². The van der Waals surface area contributed by atoms with Gasteiger partial charge in [0.15, 0.2) is 0 Å². The Hall–Kier alpha value is -1.79. The molecule has 2 rings (SSSR count). The molecule has 0 bridgehead atoms. The molecule has 0 saturated carbocycles. The third kappa shape index (κ3) is 3.85. The van der Waals surface area contributed by atoms with Crippen LogP contribution in [0.15, 0.2) is 53.4 Å². The highest BCUT2D eigenvalue weighted by Gasteiger charge is 2.13. The fourth-order valence-corrected chi connectivity index (χ4v) is 2.80.